The zero-order valence-corrected chi connectivity index (χ0v) is 20.2. The summed E-state index contributed by atoms with van der Waals surface area (Å²) < 4.78 is 5.65. The maximum Gasteiger partial charge on any atom is 0.407 e. The largest absolute Gasteiger partial charge is 0.480 e. The van der Waals surface area contributed by atoms with Crippen molar-refractivity contribution in [1.29, 1.82) is 0 Å². The molecule has 1 saturated heterocycles. The number of hydrogen-bond donors (Lipinski definition) is 2. The second-order valence-corrected chi connectivity index (χ2v) is 9.45. The molecule has 0 radical (unpaired) electrons. The van der Waals surface area contributed by atoms with Gasteiger partial charge in [-0.15, -0.1) is 0 Å². The highest BCUT2D eigenvalue weighted by atomic mass is 16.5. The Labute approximate surface area is 206 Å². The van der Waals surface area contributed by atoms with Gasteiger partial charge in [0.05, 0.1) is 0 Å². The average molecular weight is 479 g/mol. The van der Waals surface area contributed by atoms with Crippen molar-refractivity contribution < 1.29 is 24.2 Å². The van der Waals surface area contributed by atoms with E-state index in [-0.39, 0.29) is 24.9 Å². The molecule has 1 aliphatic heterocycles. The van der Waals surface area contributed by atoms with E-state index in [0.29, 0.717) is 19.4 Å². The molecule has 4 rings (SSSR count). The van der Waals surface area contributed by atoms with E-state index in [2.05, 4.69) is 29.6 Å². The fourth-order valence-corrected chi connectivity index (χ4v) is 5.37. The number of likely N-dealkylation sites (tertiary alicyclic amines) is 1. The van der Waals surface area contributed by atoms with Crippen molar-refractivity contribution in [3.8, 4) is 11.1 Å². The van der Waals surface area contributed by atoms with Crippen LogP contribution in [0.1, 0.15) is 68.9 Å². The molecule has 0 bridgehead atoms. The van der Waals surface area contributed by atoms with E-state index in [1.165, 1.54) is 4.90 Å². The molecule has 2 aromatic rings. The van der Waals surface area contributed by atoms with Gasteiger partial charge in [-0.3, -0.25) is 4.79 Å². The van der Waals surface area contributed by atoms with Crippen molar-refractivity contribution in [3.63, 3.8) is 0 Å². The molecule has 1 heterocycles. The highest BCUT2D eigenvalue weighted by Gasteiger charge is 2.33. The first-order chi connectivity index (χ1) is 17.0. The zero-order chi connectivity index (χ0) is 24.8. The van der Waals surface area contributed by atoms with E-state index >= 15 is 0 Å². The molecule has 2 aromatic carbocycles. The number of carboxylic acid groups (broad SMARTS) is 1. The van der Waals surface area contributed by atoms with Crippen molar-refractivity contribution >= 4 is 18.0 Å². The number of amides is 2. The first-order valence-electron chi connectivity index (χ1n) is 12.6. The van der Waals surface area contributed by atoms with Crippen LogP contribution in [0.4, 0.5) is 4.79 Å². The van der Waals surface area contributed by atoms with Gasteiger partial charge in [0.1, 0.15) is 12.6 Å². The number of benzene rings is 2. The maximum absolute atomic E-state index is 13.0. The van der Waals surface area contributed by atoms with Gasteiger partial charge >= 0.3 is 12.1 Å². The van der Waals surface area contributed by atoms with Gasteiger partial charge in [-0.05, 0) is 41.5 Å². The smallest absolute Gasteiger partial charge is 0.407 e. The predicted molar refractivity (Wildman–Crippen MR) is 133 cm³/mol. The van der Waals surface area contributed by atoms with Gasteiger partial charge in [-0.2, -0.15) is 0 Å². The molecular formula is C28H34N2O5. The lowest BCUT2D eigenvalue weighted by atomic mass is 9.98. The van der Waals surface area contributed by atoms with Crippen LogP contribution in [-0.4, -0.2) is 53.2 Å². The number of hydrogen-bond acceptors (Lipinski definition) is 4. The van der Waals surface area contributed by atoms with E-state index in [1.807, 2.05) is 31.2 Å². The summed E-state index contributed by atoms with van der Waals surface area (Å²) in [6.45, 7) is 2.64. The summed E-state index contributed by atoms with van der Waals surface area (Å²) >= 11 is 0. The van der Waals surface area contributed by atoms with Gasteiger partial charge in [-0.25, -0.2) is 9.59 Å². The van der Waals surface area contributed by atoms with E-state index < -0.39 is 24.1 Å². The summed E-state index contributed by atoms with van der Waals surface area (Å²) in [5.74, 6) is -1.22. The normalized spacial score (nSPS) is 18.2. The molecule has 0 spiro atoms. The lowest BCUT2D eigenvalue weighted by molar-refractivity contribution is -0.150. The van der Waals surface area contributed by atoms with Gasteiger partial charge in [0.15, 0.2) is 0 Å². The molecule has 7 heteroatoms. The van der Waals surface area contributed by atoms with E-state index in [9.17, 15) is 19.5 Å². The Kier molecular flexibility index (Phi) is 8.06. The first kappa shape index (κ1) is 24.8. The molecule has 0 saturated carbocycles. The topological polar surface area (TPSA) is 95.9 Å². The van der Waals surface area contributed by atoms with Crippen LogP contribution >= 0.6 is 0 Å². The second kappa shape index (κ2) is 11.4. The van der Waals surface area contributed by atoms with E-state index in [1.54, 1.807) is 0 Å². The lowest BCUT2D eigenvalue weighted by Gasteiger charge is -2.29. The number of aliphatic carboxylic acids is 1. The van der Waals surface area contributed by atoms with E-state index in [4.69, 9.17) is 4.74 Å². The van der Waals surface area contributed by atoms with Gasteiger partial charge < -0.3 is 20.1 Å². The van der Waals surface area contributed by atoms with Crippen molar-refractivity contribution in [2.75, 3.05) is 13.2 Å². The molecule has 2 N–H and O–H groups in total. The molecule has 1 fully saturated rings. The predicted octanol–water partition coefficient (Wildman–Crippen LogP) is 4.94. The number of rotatable bonds is 8. The van der Waals surface area contributed by atoms with Crippen LogP contribution in [0.25, 0.3) is 11.1 Å². The van der Waals surface area contributed by atoms with Crippen LogP contribution in [-0.2, 0) is 14.3 Å². The Bertz CT molecular complexity index is 1020. The summed E-state index contributed by atoms with van der Waals surface area (Å²) in [7, 11) is 0. The van der Waals surface area contributed by atoms with Crippen molar-refractivity contribution in [3.05, 3.63) is 59.7 Å². The van der Waals surface area contributed by atoms with Crippen molar-refractivity contribution in [2.24, 2.45) is 0 Å². The Morgan fingerprint density at radius 1 is 1.03 bits per heavy atom. The highest BCUT2D eigenvalue weighted by molar-refractivity contribution is 5.84. The van der Waals surface area contributed by atoms with Crippen molar-refractivity contribution in [1.82, 2.24) is 10.2 Å². The van der Waals surface area contributed by atoms with Gasteiger partial charge in [0.2, 0.25) is 5.91 Å². The van der Waals surface area contributed by atoms with Gasteiger partial charge in [-0.1, -0.05) is 74.7 Å². The molecule has 0 aromatic heterocycles. The van der Waals surface area contributed by atoms with Gasteiger partial charge in [0.25, 0.3) is 0 Å². The third-order valence-corrected chi connectivity index (χ3v) is 7.08. The number of nitrogens with one attached hydrogen (secondary N) is 1. The van der Waals surface area contributed by atoms with Crippen LogP contribution < -0.4 is 5.32 Å². The quantitative estimate of drug-likeness (QED) is 0.560. The highest BCUT2D eigenvalue weighted by Crippen LogP contribution is 2.44. The van der Waals surface area contributed by atoms with Crippen LogP contribution in [0, 0.1) is 0 Å². The second-order valence-electron chi connectivity index (χ2n) is 9.45. The maximum atomic E-state index is 13.0. The van der Waals surface area contributed by atoms with Crippen LogP contribution in [0.3, 0.4) is 0 Å². The summed E-state index contributed by atoms with van der Waals surface area (Å²) in [5.41, 5.74) is 4.61. The molecule has 1 aliphatic carbocycles. The molecule has 2 aliphatic rings. The number of ether oxygens (including phenoxy) is 1. The van der Waals surface area contributed by atoms with E-state index in [0.717, 1.165) is 47.9 Å². The number of carbonyl (C=O) groups excluding carboxylic acids is 2. The minimum Gasteiger partial charge on any atom is -0.480 e. The summed E-state index contributed by atoms with van der Waals surface area (Å²) in [6, 6.07) is 15.1. The molecule has 1 unspecified atom stereocenters. The van der Waals surface area contributed by atoms with Crippen LogP contribution in [0.2, 0.25) is 0 Å². The Morgan fingerprint density at radius 3 is 2.31 bits per heavy atom. The summed E-state index contributed by atoms with van der Waals surface area (Å²) in [5, 5.41) is 12.5. The molecular weight excluding hydrogens is 444 g/mol. The molecule has 186 valence electrons. The molecule has 2 amide bonds. The SMILES string of the molecule is CCC[C@H](CC(=O)N1CCCCCC1C(=O)O)NC(=O)OCC1c2ccccc2-c2ccccc21. The number of fused-ring (bicyclic) bond motifs is 3. The number of alkyl carbamates (subject to hydrolysis) is 1. The first-order valence-corrected chi connectivity index (χ1v) is 12.6. The van der Waals surface area contributed by atoms with Gasteiger partial charge in [0, 0.05) is 24.9 Å². The fraction of sp³-hybridized carbons (Fsp3) is 0.464. The monoisotopic (exact) mass is 478 g/mol. The number of carboxylic acids is 1. The van der Waals surface area contributed by atoms with Crippen LogP contribution in [0.5, 0.6) is 0 Å². The van der Waals surface area contributed by atoms with Crippen LogP contribution in [0.15, 0.2) is 48.5 Å². The third-order valence-electron chi connectivity index (χ3n) is 7.08. The van der Waals surface area contributed by atoms with Crippen molar-refractivity contribution in [2.45, 2.75) is 69.9 Å². The third kappa shape index (κ3) is 5.66. The Hall–Kier alpha value is -3.35. The summed E-state index contributed by atoms with van der Waals surface area (Å²) in [6.07, 6.45) is 3.91. The Morgan fingerprint density at radius 2 is 1.69 bits per heavy atom. The standard InChI is InChI=1S/C28H34N2O5/c1-2-10-19(17-26(31)30-16-9-3-4-15-25(30)27(32)33)29-28(34)35-18-24-22-13-7-5-11-20(22)21-12-6-8-14-23(21)24/h5-8,11-14,19,24-25H,2-4,9-10,15-18H2,1H3,(H,29,34)(H,32,33)/t19-,25?/m1/s1. The molecule has 35 heavy (non-hydrogen) atoms. The minimum atomic E-state index is -0.961. The summed E-state index contributed by atoms with van der Waals surface area (Å²) in [4.78, 5) is 39.0. The Balaban J connectivity index is 1.38. The minimum absolute atomic E-state index is 0.0344. The molecule has 7 nitrogen and oxygen atoms in total. The number of carbonyl (C=O) groups is 3. The lowest BCUT2D eigenvalue weighted by Crippen LogP contribution is -2.47. The molecule has 2 atom stereocenters. The zero-order valence-electron chi connectivity index (χ0n) is 20.2. The number of nitrogens with zero attached hydrogens (tertiary/aromatic N) is 1. The average Bonchev–Trinajstić information content (AvgIpc) is 2.98. The fourth-order valence-electron chi connectivity index (χ4n) is 5.37.